The Labute approximate surface area is 39.9 Å². The van der Waals surface area contributed by atoms with Gasteiger partial charge >= 0.3 is 0 Å². The Bertz CT molecular complexity index is 10.9. The van der Waals surface area contributed by atoms with Crippen LogP contribution >= 0.6 is 0 Å². The maximum atomic E-state index is 7.00. The van der Waals surface area contributed by atoms with Gasteiger partial charge in [-0.05, 0) is 0 Å². The number of aliphatic hydroxyl groups is 2. The SMILES string of the molecule is CO.CO.F.F.F. The van der Waals surface area contributed by atoms with Crippen molar-refractivity contribution in [3.8, 4) is 0 Å². The molecule has 0 heterocycles. The molecule has 0 spiro atoms. The number of rotatable bonds is 0. The van der Waals surface area contributed by atoms with Gasteiger partial charge < -0.3 is 10.2 Å². The molecular formula is C2H11F3O2. The molecule has 52 valence electrons. The van der Waals surface area contributed by atoms with Gasteiger partial charge in [0.25, 0.3) is 0 Å². The average Bonchev–Trinajstić information content (AvgIpc) is 1.50. The zero-order valence-corrected chi connectivity index (χ0v) is 4.12. The standard InChI is InChI=1S/2CH4O.3FH/c2*1-2;;;/h2*2H,1H3;3*1H. The molecule has 0 amide bonds. The maximum absolute atomic E-state index is 7.00. The van der Waals surface area contributed by atoms with Crippen molar-refractivity contribution in [1.82, 2.24) is 0 Å². The van der Waals surface area contributed by atoms with E-state index >= 15 is 0 Å². The molecular weight excluding hydrogens is 113 g/mol. The van der Waals surface area contributed by atoms with Crippen molar-refractivity contribution >= 4 is 0 Å². The van der Waals surface area contributed by atoms with Crippen LogP contribution in [0.4, 0.5) is 14.1 Å². The Morgan fingerprint density at radius 3 is 0.571 bits per heavy atom. The summed E-state index contributed by atoms with van der Waals surface area (Å²) in [5, 5.41) is 14.0. The molecule has 2 nitrogen and oxygen atoms in total. The van der Waals surface area contributed by atoms with Crippen molar-refractivity contribution in [2.24, 2.45) is 0 Å². The molecule has 0 atom stereocenters. The van der Waals surface area contributed by atoms with Crippen LogP contribution in [0.2, 0.25) is 0 Å². The highest BCUT2D eigenvalue weighted by Crippen LogP contribution is 0.757. The Morgan fingerprint density at radius 1 is 0.571 bits per heavy atom. The Balaban J connectivity index is -0.00000000267. The summed E-state index contributed by atoms with van der Waals surface area (Å²) in [5.74, 6) is 0. The van der Waals surface area contributed by atoms with Crippen LogP contribution in [0, 0.1) is 0 Å². The minimum Gasteiger partial charge on any atom is -0.400 e. The van der Waals surface area contributed by atoms with Gasteiger partial charge in [0.2, 0.25) is 0 Å². The van der Waals surface area contributed by atoms with Gasteiger partial charge in [-0.25, -0.2) is 0 Å². The van der Waals surface area contributed by atoms with Crippen molar-refractivity contribution in [2.75, 3.05) is 14.2 Å². The second kappa shape index (κ2) is 1510. The fourth-order valence-corrected chi connectivity index (χ4v) is 0. The second-order valence-electron chi connectivity index (χ2n) is 0. The van der Waals surface area contributed by atoms with Gasteiger partial charge in [0.15, 0.2) is 0 Å². The predicted octanol–water partition coefficient (Wildman–Crippen LogP) is -0.325. The smallest absolute Gasteiger partial charge is 0.0319 e. The van der Waals surface area contributed by atoms with Gasteiger partial charge in [-0.15, -0.1) is 0 Å². The van der Waals surface area contributed by atoms with Crippen LogP contribution in [0.1, 0.15) is 0 Å². The molecule has 0 aliphatic rings. The third-order valence-corrected chi connectivity index (χ3v) is 0. The van der Waals surface area contributed by atoms with E-state index in [1.54, 1.807) is 0 Å². The third-order valence-electron chi connectivity index (χ3n) is 0. The quantitative estimate of drug-likeness (QED) is 0.464. The summed E-state index contributed by atoms with van der Waals surface area (Å²) in [6.45, 7) is 0. The van der Waals surface area contributed by atoms with Crippen molar-refractivity contribution in [3.63, 3.8) is 0 Å². The minimum absolute atomic E-state index is 0. The summed E-state index contributed by atoms with van der Waals surface area (Å²) < 4.78 is 0. The zero-order chi connectivity index (χ0) is 4.00. The molecule has 7 heavy (non-hydrogen) atoms. The molecule has 0 aromatic carbocycles. The van der Waals surface area contributed by atoms with Gasteiger partial charge in [0.1, 0.15) is 0 Å². The lowest BCUT2D eigenvalue weighted by molar-refractivity contribution is 0.399. The van der Waals surface area contributed by atoms with Crippen molar-refractivity contribution in [1.29, 1.82) is 0 Å². The highest BCUT2D eigenvalue weighted by molar-refractivity contribution is 3.18. The summed E-state index contributed by atoms with van der Waals surface area (Å²) in [5.41, 5.74) is 0. The van der Waals surface area contributed by atoms with E-state index in [4.69, 9.17) is 10.2 Å². The van der Waals surface area contributed by atoms with E-state index in [0.29, 0.717) is 0 Å². The van der Waals surface area contributed by atoms with Crippen LogP contribution in [0.5, 0.6) is 0 Å². The molecule has 0 saturated carbocycles. The van der Waals surface area contributed by atoms with Crippen LogP contribution in [0.15, 0.2) is 0 Å². The van der Waals surface area contributed by atoms with Crippen molar-refractivity contribution in [3.05, 3.63) is 0 Å². The highest BCUT2D eigenvalue weighted by atomic mass is 19.0. The molecule has 0 radical (unpaired) electrons. The highest BCUT2D eigenvalue weighted by Gasteiger charge is 0.841. The fraction of sp³-hybridized carbons (Fsp3) is 1.00. The lowest BCUT2D eigenvalue weighted by Crippen LogP contribution is -1.25. The molecule has 0 bridgehead atoms. The van der Waals surface area contributed by atoms with Gasteiger partial charge in [-0.3, -0.25) is 14.1 Å². The van der Waals surface area contributed by atoms with Crippen LogP contribution in [0.25, 0.3) is 0 Å². The first-order valence-corrected chi connectivity index (χ1v) is 0.894. The van der Waals surface area contributed by atoms with Gasteiger partial charge in [-0.2, -0.15) is 0 Å². The molecule has 5 heteroatoms. The van der Waals surface area contributed by atoms with Crippen LogP contribution in [-0.2, 0) is 0 Å². The molecule has 0 unspecified atom stereocenters. The molecule has 2 N–H and O–H groups in total. The lowest BCUT2D eigenvalue weighted by atomic mass is 11.8. The van der Waals surface area contributed by atoms with E-state index in [9.17, 15) is 0 Å². The van der Waals surface area contributed by atoms with Crippen LogP contribution < -0.4 is 0 Å². The number of halogens is 3. The summed E-state index contributed by atoms with van der Waals surface area (Å²) in [4.78, 5) is 0. The Hall–Kier alpha value is -0.290. The van der Waals surface area contributed by atoms with Crippen LogP contribution in [0.3, 0.4) is 0 Å². The summed E-state index contributed by atoms with van der Waals surface area (Å²) >= 11 is 0. The fourth-order valence-electron chi connectivity index (χ4n) is 0. The maximum Gasteiger partial charge on any atom is 0.0319 e. The van der Waals surface area contributed by atoms with E-state index in [-0.39, 0.29) is 14.1 Å². The first-order valence-electron chi connectivity index (χ1n) is 0.894. The van der Waals surface area contributed by atoms with E-state index in [2.05, 4.69) is 0 Å². The number of aliphatic hydroxyl groups excluding tert-OH is 2. The van der Waals surface area contributed by atoms with Crippen molar-refractivity contribution in [2.45, 2.75) is 0 Å². The topological polar surface area (TPSA) is 40.5 Å². The Kier molecular flexibility index (Phi) is 16100. The number of hydrogen-bond donors (Lipinski definition) is 2. The largest absolute Gasteiger partial charge is 0.400 e. The average molecular weight is 124 g/mol. The molecule has 0 aliphatic carbocycles. The normalized spacial score (nSPS) is 1.71. The van der Waals surface area contributed by atoms with E-state index < -0.39 is 0 Å². The van der Waals surface area contributed by atoms with E-state index in [1.165, 1.54) is 0 Å². The molecule has 0 aromatic rings. The monoisotopic (exact) mass is 124 g/mol. The molecule has 0 saturated heterocycles. The summed E-state index contributed by atoms with van der Waals surface area (Å²) in [6, 6.07) is 0. The molecule has 0 fully saturated rings. The summed E-state index contributed by atoms with van der Waals surface area (Å²) in [7, 11) is 2.00. The summed E-state index contributed by atoms with van der Waals surface area (Å²) in [6.07, 6.45) is 0. The lowest BCUT2D eigenvalue weighted by Gasteiger charge is -1.21. The van der Waals surface area contributed by atoms with Crippen LogP contribution in [-0.4, -0.2) is 24.4 Å². The third kappa shape index (κ3) is 935. The minimum atomic E-state index is 0. The second-order valence-corrected chi connectivity index (χ2v) is 0. The predicted molar refractivity (Wildman–Crippen MR) is 23.8 cm³/mol. The van der Waals surface area contributed by atoms with E-state index in [1.807, 2.05) is 0 Å². The first-order chi connectivity index (χ1) is 2.00. The van der Waals surface area contributed by atoms with Gasteiger partial charge in [-0.1, -0.05) is 0 Å². The molecule has 0 aliphatic heterocycles. The van der Waals surface area contributed by atoms with E-state index in [0.717, 1.165) is 14.2 Å². The van der Waals surface area contributed by atoms with Crippen molar-refractivity contribution < 1.29 is 24.3 Å². The van der Waals surface area contributed by atoms with Gasteiger partial charge in [0.05, 0.1) is 0 Å². The zero-order valence-electron chi connectivity index (χ0n) is 4.12. The first kappa shape index (κ1) is 74.8. The molecule has 0 rings (SSSR count). The molecule has 0 aromatic heterocycles. The van der Waals surface area contributed by atoms with Gasteiger partial charge in [0, 0.05) is 14.2 Å². The Morgan fingerprint density at radius 2 is 0.571 bits per heavy atom. The number of hydrogen-bond acceptors (Lipinski definition) is 2.